The molecule has 0 atom stereocenters. The van der Waals surface area contributed by atoms with E-state index < -0.39 is 0 Å². The third-order valence-corrected chi connectivity index (χ3v) is 12.2. The lowest BCUT2D eigenvalue weighted by molar-refractivity contribution is 1.66. The van der Waals surface area contributed by atoms with Crippen molar-refractivity contribution in [3.63, 3.8) is 0 Å². The minimum absolute atomic E-state index is 1.26. The van der Waals surface area contributed by atoms with Crippen molar-refractivity contribution in [2.24, 2.45) is 0 Å². The van der Waals surface area contributed by atoms with E-state index >= 15 is 0 Å². The molecular formula is C52H28. The Kier molecular flexibility index (Phi) is 4.94. The van der Waals surface area contributed by atoms with Crippen LogP contribution >= 0.6 is 0 Å². The normalized spacial score (nSPS) is 12.6. The van der Waals surface area contributed by atoms with Gasteiger partial charge in [-0.1, -0.05) is 133 Å². The maximum atomic E-state index is 2.48. The SMILES string of the molecule is c1ccc(-c2cccc3cc4c5c(cccc5c23)-c2cc3c(ccc5c6cc7c(cc6ccc35)-c3cc5ccccc5c5cccc-7c35)cc2-4)cc1. The molecule has 0 amide bonds. The minimum Gasteiger partial charge on any atom is -0.0622 e. The van der Waals surface area contributed by atoms with Gasteiger partial charge in [-0.15, -0.1) is 0 Å². The third kappa shape index (κ3) is 3.33. The monoisotopic (exact) mass is 652 g/mol. The van der Waals surface area contributed by atoms with E-state index in [1.165, 1.54) is 131 Å². The molecule has 11 aromatic rings. The van der Waals surface area contributed by atoms with Gasteiger partial charge in [0.15, 0.2) is 0 Å². The Balaban J connectivity index is 1.05. The largest absolute Gasteiger partial charge is 0.0622 e. The molecule has 0 saturated heterocycles. The molecule has 13 rings (SSSR count). The molecule has 236 valence electrons. The highest BCUT2D eigenvalue weighted by Crippen LogP contribution is 2.54. The van der Waals surface area contributed by atoms with E-state index in [0.29, 0.717) is 0 Å². The third-order valence-electron chi connectivity index (χ3n) is 12.2. The van der Waals surface area contributed by atoms with Crippen molar-refractivity contribution >= 4 is 75.4 Å². The summed E-state index contributed by atoms with van der Waals surface area (Å²) in [4.78, 5) is 0. The minimum atomic E-state index is 1.26. The lowest BCUT2D eigenvalue weighted by Gasteiger charge is -2.13. The summed E-state index contributed by atoms with van der Waals surface area (Å²) in [6.45, 7) is 0. The average Bonchev–Trinajstić information content (AvgIpc) is 3.68. The number of fused-ring (bicyclic) bond motifs is 15. The number of hydrogen-bond acceptors (Lipinski definition) is 0. The van der Waals surface area contributed by atoms with Crippen LogP contribution in [0.3, 0.4) is 0 Å². The Morgan fingerprint density at radius 3 is 1.38 bits per heavy atom. The van der Waals surface area contributed by atoms with Gasteiger partial charge in [0.2, 0.25) is 0 Å². The van der Waals surface area contributed by atoms with Crippen molar-refractivity contribution in [3.8, 4) is 55.6 Å². The van der Waals surface area contributed by atoms with Crippen LogP contribution in [0.15, 0.2) is 170 Å². The highest BCUT2D eigenvalue weighted by atomic mass is 14.3. The van der Waals surface area contributed by atoms with Crippen molar-refractivity contribution in [3.05, 3.63) is 170 Å². The van der Waals surface area contributed by atoms with E-state index in [2.05, 4.69) is 170 Å². The summed E-state index contributed by atoms with van der Waals surface area (Å²) in [5.74, 6) is 0. The zero-order chi connectivity index (χ0) is 33.7. The Labute approximate surface area is 299 Å². The van der Waals surface area contributed by atoms with Gasteiger partial charge in [0.05, 0.1) is 0 Å². The molecule has 0 bridgehead atoms. The number of benzene rings is 11. The topological polar surface area (TPSA) is 0 Å². The van der Waals surface area contributed by atoms with Crippen LogP contribution in [0.4, 0.5) is 0 Å². The van der Waals surface area contributed by atoms with Crippen LogP contribution in [0, 0.1) is 0 Å². The van der Waals surface area contributed by atoms with Crippen molar-refractivity contribution in [1.82, 2.24) is 0 Å². The lowest BCUT2D eigenvalue weighted by atomic mass is 9.90. The fourth-order valence-corrected chi connectivity index (χ4v) is 10.0. The number of hydrogen-bond donors (Lipinski definition) is 0. The zero-order valence-corrected chi connectivity index (χ0v) is 28.2. The molecular weight excluding hydrogens is 625 g/mol. The highest BCUT2D eigenvalue weighted by molar-refractivity contribution is 6.29. The molecule has 0 radical (unpaired) electrons. The van der Waals surface area contributed by atoms with E-state index in [0.717, 1.165) is 0 Å². The summed E-state index contributed by atoms with van der Waals surface area (Å²) in [5, 5.41) is 18.5. The first kappa shape index (κ1) is 27.0. The van der Waals surface area contributed by atoms with Gasteiger partial charge in [0.1, 0.15) is 0 Å². The van der Waals surface area contributed by atoms with E-state index in [-0.39, 0.29) is 0 Å². The summed E-state index contributed by atoms with van der Waals surface area (Å²) in [6, 6.07) is 64.2. The molecule has 2 aliphatic rings. The van der Waals surface area contributed by atoms with Crippen LogP contribution in [0.1, 0.15) is 0 Å². The summed E-state index contributed by atoms with van der Waals surface area (Å²) >= 11 is 0. The lowest BCUT2D eigenvalue weighted by Crippen LogP contribution is -1.86. The molecule has 0 N–H and O–H groups in total. The Bertz CT molecular complexity index is 3440. The van der Waals surface area contributed by atoms with E-state index in [9.17, 15) is 0 Å². The van der Waals surface area contributed by atoms with E-state index in [1.54, 1.807) is 0 Å². The first-order chi connectivity index (χ1) is 25.8. The number of rotatable bonds is 1. The first-order valence-corrected chi connectivity index (χ1v) is 18.3. The predicted octanol–water partition coefficient (Wildman–Crippen LogP) is 14.7. The maximum absolute atomic E-state index is 2.48. The second kappa shape index (κ2) is 9.51. The fourth-order valence-electron chi connectivity index (χ4n) is 10.0. The van der Waals surface area contributed by atoms with E-state index in [4.69, 9.17) is 0 Å². The smallest absolute Gasteiger partial charge is 0.00197 e. The quantitative estimate of drug-likeness (QED) is 0.155. The summed E-state index contributed by atoms with van der Waals surface area (Å²) in [7, 11) is 0. The van der Waals surface area contributed by atoms with Crippen LogP contribution in [0.5, 0.6) is 0 Å². The molecule has 0 saturated carbocycles. The first-order valence-electron chi connectivity index (χ1n) is 18.3. The van der Waals surface area contributed by atoms with Crippen LogP contribution in [-0.4, -0.2) is 0 Å². The molecule has 11 aromatic carbocycles. The van der Waals surface area contributed by atoms with Gasteiger partial charge in [-0.3, -0.25) is 0 Å². The molecule has 2 aliphatic carbocycles. The summed E-state index contributed by atoms with van der Waals surface area (Å²) < 4.78 is 0. The van der Waals surface area contributed by atoms with Crippen LogP contribution in [-0.2, 0) is 0 Å². The predicted molar refractivity (Wildman–Crippen MR) is 223 cm³/mol. The Morgan fingerprint density at radius 1 is 0.192 bits per heavy atom. The molecule has 0 nitrogen and oxygen atoms in total. The van der Waals surface area contributed by atoms with Crippen molar-refractivity contribution < 1.29 is 0 Å². The molecule has 0 heterocycles. The van der Waals surface area contributed by atoms with Crippen LogP contribution < -0.4 is 0 Å². The molecule has 0 aromatic heterocycles. The fraction of sp³-hybridized carbons (Fsp3) is 0. The second-order valence-electron chi connectivity index (χ2n) is 14.8. The van der Waals surface area contributed by atoms with Crippen molar-refractivity contribution in [1.29, 1.82) is 0 Å². The Hall–Kier alpha value is -6.76. The van der Waals surface area contributed by atoms with Crippen LogP contribution in [0.25, 0.3) is 131 Å². The molecule has 0 spiro atoms. The molecule has 0 heteroatoms. The summed E-state index contributed by atoms with van der Waals surface area (Å²) in [6.07, 6.45) is 0. The van der Waals surface area contributed by atoms with Gasteiger partial charge in [-0.05, 0) is 167 Å². The zero-order valence-electron chi connectivity index (χ0n) is 28.2. The molecule has 0 aliphatic heterocycles. The molecule has 0 fully saturated rings. The molecule has 52 heavy (non-hydrogen) atoms. The van der Waals surface area contributed by atoms with Crippen molar-refractivity contribution in [2.45, 2.75) is 0 Å². The standard InChI is InChI=1S/C52H28/c1-2-9-29(10-3-1)35-14-6-12-33-26-49-45-24-32-20-22-36-37(43(32)28-47(45)40-17-8-18-41(50(33)35)52(40)49)21-19-31-23-44-46(27-42(31)36)39-16-7-15-38-34-13-5-4-11-30(34)25-48(44)51(38)39/h1-28H. The van der Waals surface area contributed by atoms with Gasteiger partial charge >= 0.3 is 0 Å². The van der Waals surface area contributed by atoms with Gasteiger partial charge in [-0.25, -0.2) is 0 Å². The highest BCUT2D eigenvalue weighted by Gasteiger charge is 2.26. The van der Waals surface area contributed by atoms with Gasteiger partial charge in [0.25, 0.3) is 0 Å². The van der Waals surface area contributed by atoms with Gasteiger partial charge in [-0.2, -0.15) is 0 Å². The van der Waals surface area contributed by atoms with E-state index in [1.807, 2.05) is 0 Å². The van der Waals surface area contributed by atoms with Crippen molar-refractivity contribution in [2.75, 3.05) is 0 Å². The average molecular weight is 653 g/mol. The molecule has 0 unspecified atom stereocenters. The Morgan fingerprint density at radius 2 is 0.673 bits per heavy atom. The second-order valence-corrected chi connectivity index (χ2v) is 14.8. The summed E-state index contributed by atoms with van der Waals surface area (Å²) in [5.41, 5.74) is 13.3. The maximum Gasteiger partial charge on any atom is -0.00197 e. The van der Waals surface area contributed by atoms with Gasteiger partial charge in [0, 0.05) is 0 Å². The van der Waals surface area contributed by atoms with Gasteiger partial charge < -0.3 is 0 Å². The van der Waals surface area contributed by atoms with Crippen LogP contribution in [0.2, 0.25) is 0 Å².